The van der Waals surface area contributed by atoms with Gasteiger partial charge < -0.3 is 4.74 Å². The summed E-state index contributed by atoms with van der Waals surface area (Å²) in [5.74, 6) is -1.06. The fourth-order valence-corrected chi connectivity index (χ4v) is 2.91. The summed E-state index contributed by atoms with van der Waals surface area (Å²) in [6, 6.07) is 2.93. The van der Waals surface area contributed by atoms with Crippen LogP contribution in [0.4, 0.5) is 19.1 Å². The zero-order valence-electron chi connectivity index (χ0n) is 14.4. The van der Waals surface area contributed by atoms with Crippen LogP contribution in [0.1, 0.15) is 18.5 Å². The molecule has 12 heteroatoms. The van der Waals surface area contributed by atoms with Crippen molar-refractivity contribution >= 4 is 23.5 Å². The van der Waals surface area contributed by atoms with Crippen LogP contribution in [-0.2, 0) is 27.5 Å². The fraction of sp³-hybridized carbons (Fsp3) is 0.312. The number of carbonyl (C=O) groups excluding carboxylic acids is 2. The van der Waals surface area contributed by atoms with Crippen molar-refractivity contribution in [2.24, 2.45) is 7.05 Å². The van der Waals surface area contributed by atoms with Crippen LogP contribution in [0.15, 0.2) is 24.5 Å². The number of nitrogens with one attached hydrogen (secondary N) is 1. The molecule has 0 aliphatic carbocycles. The number of esters is 1. The van der Waals surface area contributed by atoms with Gasteiger partial charge in [-0.3, -0.25) is 19.6 Å². The first-order chi connectivity index (χ1) is 13.2. The number of aryl methyl sites for hydroxylation is 1. The zero-order chi connectivity index (χ0) is 20.1. The van der Waals surface area contributed by atoms with Crippen molar-refractivity contribution in [3.8, 4) is 11.1 Å². The highest BCUT2D eigenvalue weighted by atomic mass is 19.4. The molecule has 1 aliphatic heterocycles. The molecule has 3 aromatic rings. The van der Waals surface area contributed by atoms with E-state index in [2.05, 4.69) is 20.5 Å². The van der Waals surface area contributed by atoms with E-state index >= 15 is 0 Å². The van der Waals surface area contributed by atoms with E-state index in [4.69, 9.17) is 4.74 Å². The fourth-order valence-electron chi connectivity index (χ4n) is 2.91. The number of rotatable bonds is 3. The van der Waals surface area contributed by atoms with Crippen LogP contribution in [0.2, 0.25) is 0 Å². The molecule has 9 nitrogen and oxygen atoms in total. The third kappa shape index (κ3) is 3.28. The third-order valence-electron chi connectivity index (χ3n) is 4.15. The van der Waals surface area contributed by atoms with Crippen LogP contribution >= 0.6 is 0 Å². The van der Waals surface area contributed by atoms with Crippen LogP contribution in [0.5, 0.6) is 0 Å². The SMILES string of the molecule is Cn1cc(-c2ccc3nc(NC(=O)[C@@H]4CCC(=O)O4)nn3c2)c(C(F)(F)F)n1. The predicted molar refractivity (Wildman–Crippen MR) is 87.9 cm³/mol. The van der Waals surface area contributed by atoms with E-state index in [9.17, 15) is 22.8 Å². The van der Waals surface area contributed by atoms with Gasteiger partial charge in [0, 0.05) is 43.4 Å². The number of halogens is 3. The van der Waals surface area contributed by atoms with Crippen LogP contribution < -0.4 is 5.32 Å². The number of amides is 1. The minimum atomic E-state index is -4.61. The summed E-state index contributed by atoms with van der Waals surface area (Å²) >= 11 is 0. The summed E-state index contributed by atoms with van der Waals surface area (Å²) in [5, 5.41) is 9.97. The largest absolute Gasteiger partial charge is 0.452 e. The average Bonchev–Trinajstić information content (AvgIpc) is 3.31. The van der Waals surface area contributed by atoms with Crippen molar-refractivity contribution in [1.82, 2.24) is 24.4 Å². The molecule has 1 atom stereocenters. The predicted octanol–water partition coefficient (Wildman–Crippen LogP) is 1.79. The van der Waals surface area contributed by atoms with Crippen LogP contribution in [-0.4, -0.2) is 42.4 Å². The number of pyridine rings is 1. The van der Waals surface area contributed by atoms with Crippen LogP contribution in [0.3, 0.4) is 0 Å². The summed E-state index contributed by atoms with van der Waals surface area (Å²) in [6.45, 7) is 0. The van der Waals surface area contributed by atoms with Crippen molar-refractivity contribution in [3.63, 3.8) is 0 Å². The Morgan fingerprint density at radius 2 is 2.07 bits per heavy atom. The molecule has 1 fully saturated rings. The van der Waals surface area contributed by atoms with Gasteiger partial charge in [-0.1, -0.05) is 0 Å². The maximum atomic E-state index is 13.2. The Hall–Kier alpha value is -3.44. The van der Waals surface area contributed by atoms with Gasteiger partial charge in [0.25, 0.3) is 5.91 Å². The Balaban J connectivity index is 1.62. The second-order valence-corrected chi connectivity index (χ2v) is 6.23. The van der Waals surface area contributed by atoms with Gasteiger partial charge in [0.05, 0.1) is 0 Å². The Labute approximate surface area is 155 Å². The summed E-state index contributed by atoms with van der Waals surface area (Å²) in [6.07, 6.45) is -2.46. The van der Waals surface area contributed by atoms with Crippen LogP contribution in [0.25, 0.3) is 16.8 Å². The first-order valence-electron chi connectivity index (χ1n) is 8.19. The Bertz CT molecular complexity index is 1090. The molecule has 4 heterocycles. The van der Waals surface area contributed by atoms with Crippen molar-refractivity contribution in [1.29, 1.82) is 0 Å². The molecule has 0 bridgehead atoms. The quantitative estimate of drug-likeness (QED) is 0.680. The number of hydrogen-bond acceptors (Lipinski definition) is 6. The first kappa shape index (κ1) is 17.9. The van der Waals surface area contributed by atoms with Crippen molar-refractivity contribution < 1.29 is 27.5 Å². The Morgan fingerprint density at radius 1 is 1.29 bits per heavy atom. The molecule has 3 aromatic heterocycles. The molecule has 0 radical (unpaired) electrons. The highest BCUT2D eigenvalue weighted by Gasteiger charge is 2.37. The molecular weight excluding hydrogens is 381 g/mol. The number of hydrogen-bond donors (Lipinski definition) is 1. The second kappa shape index (κ2) is 6.32. The molecule has 0 unspecified atom stereocenters. The molecule has 1 N–H and O–H groups in total. The minimum absolute atomic E-state index is 0.0488. The normalized spacial score (nSPS) is 17.1. The summed E-state index contributed by atoms with van der Waals surface area (Å²) in [5.41, 5.74) is -0.553. The van der Waals surface area contributed by atoms with E-state index in [0.717, 1.165) is 4.68 Å². The molecule has 0 aromatic carbocycles. The Morgan fingerprint density at radius 3 is 2.75 bits per heavy atom. The van der Waals surface area contributed by atoms with Gasteiger partial charge in [-0.15, -0.1) is 5.10 Å². The highest BCUT2D eigenvalue weighted by molar-refractivity contribution is 5.95. The van der Waals surface area contributed by atoms with E-state index in [1.165, 1.54) is 36.1 Å². The smallest absolute Gasteiger partial charge is 0.435 e. The summed E-state index contributed by atoms with van der Waals surface area (Å²) in [4.78, 5) is 27.3. The highest BCUT2D eigenvalue weighted by Crippen LogP contribution is 2.35. The van der Waals surface area contributed by atoms with Gasteiger partial charge in [-0.25, -0.2) is 4.52 Å². The van der Waals surface area contributed by atoms with E-state index in [0.29, 0.717) is 5.65 Å². The minimum Gasteiger partial charge on any atom is -0.452 e. The number of nitrogens with zero attached hydrogens (tertiary/aromatic N) is 5. The molecule has 28 heavy (non-hydrogen) atoms. The number of alkyl halides is 3. The third-order valence-corrected chi connectivity index (χ3v) is 4.15. The monoisotopic (exact) mass is 394 g/mol. The molecule has 146 valence electrons. The van der Waals surface area contributed by atoms with Crippen molar-refractivity contribution in [2.75, 3.05) is 5.32 Å². The summed E-state index contributed by atoms with van der Waals surface area (Å²) in [7, 11) is 1.40. The molecule has 0 spiro atoms. The number of cyclic esters (lactones) is 1. The number of aromatic nitrogens is 5. The second-order valence-electron chi connectivity index (χ2n) is 6.23. The number of ether oxygens (including phenoxy) is 1. The van der Waals surface area contributed by atoms with Gasteiger partial charge in [0.15, 0.2) is 17.4 Å². The zero-order valence-corrected chi connectivity index (χ0v) is 14.4. The molecular formula is C16H13F3N6O3. The van der Waals surface area contributed by atoms with Crippen molar-refractivity contribution in [2.45, 2.75) is 25.1 Å². The first-order valence-corrected chi connectivity index (χ1v) is 8.19. The van der Waals surface area contributed by atoms with E-state index in [1.54, 1.807) is 0 Å². The van der Waals surface area contributed by atoms with Gasteiger partial charge in [-0.05, 0) is 12.1 Å². The van der Waals surface area contributed by atoms with Gasteiger partial charge in [0.2, 0.25) is 5.95 Å². The van der Waals surface area contributed by atoms with Crippen molar-refractivity contribution in [3.05, 3.63) is 30.2 Å². The van der Waals surface area contributed by atoms with E-state index < -0.39 is 29.9 Å². The lowest BCUT2D eigenvalue weighted by Crippen LogP contribution is -2.27. The maximum Gasteiger partial charge on any atom is 0.435 e. The topological polar surface area (TPSA) is 103 Å². The van der Waals surface area contributed by atoms with Gasteiger partial charge >= 0.3 is 12.1 Å². The number of fused-ring (bicyclic) bond motifs is 1. The average molecular weight is 394 g/mol. The lowest BCUT2D eigenvalue weighted by molar-refractivity contribution is -0.146. The lowest BCUT2D eigenvalue weighted by Gasteiger charge is -2.06. The Kier molecular flexibility index (Phi) is 4.05. The standard InChI is InChI=1S/C16H13F3N6O3/c1-24-7-9(13(22-24)16(17,18)19)8-2-4-11-20-15(23-25(11)6-8)21-14(27)10-3-5-12(26)28-10/h2,4,6-7,10H,3,5H2,1H3,(H,21,23,27)/t10-/m0/s1. The molecule has 1 amide bonds. The molecule has 0 saturated carbocycles. The van der Waals surface area contributed by atoms with Gasteiger partial charge in [-0.2, -0.15) is 23.3 Å². The van der Waals surface area contributed by atoms with E-state index in [1.807, 2.05) is 0 Å². The number of carbonyl (C=O) groups is 2. The summed E-state index contributed by atoms with van der Waals surface area (Å²) < 4.78 is 46.8. The lowest BCUT2D eigenvalue weighted by atomic mass is 10.1. The number of anilines is 1. The molecule has 1 aliphatic rings. The maximum absolute atomic E-state index is 13.2. The molecule has 4 rings (SSSR count). The van der Waals surface area contributed by atoms with Gasteiger partial charge in [0.1, 0.15) is 0 Å². The molecule has 1 saturated heterocycles. The van der Waals surface area contributed by atoms with Crippen LogP contribution in [0, 0.1) is 0 Å². The van der Waals surface area contributed by atoms with E-state index in [-0.39, 0.29) is 29.9 Å².